The van der Waals surface area contributed by atoms with Gasteiger partial charge in [-0.2, -0.15) is 0 Å². The largest absolute Gasteiger partial charge is 0.480 e. The van der Waals surface area contributed by atoms with Crippen LogP contribution in [0, 0.1) is 0 Å². The first-order valence-electron chi connectivity index (χ1n) is 7.69. The van der Waals surface area contributed by atoms with E-state index in [2.05, 4.69) is 20.9 Å². The zero-order chi connectivity index (χ0) is 18.9. The number of rotatable bonds is 7. The van der Waals surface area contributed by atoms with Gasteiger partial charge in [-0.15, -0.1) is 0 Å². The molecule has 0 aliphatic rings. The molecule has 5 N–H and O–H groups in total. The van der Waals surface area contributed by atoms with Crippen LogP contribution in [0.5, 0.6) is 5.88 Å². The molecule has 0 saturated carbocycles. The summed E-state index contributed by atoms with van der Waals surface area (Å²) in [5.41, 5.74) is 6.61. The summed E-state index contributed by atoms with van der Waals surface area (Å²) in [4.78, 5) is 38.4. The molecule has 0 aliphatic carbocycles. The standard InChI is InChI=1S/C17H19N5O4/c1-26-16-13(3-2-8-19-16)22-17(25)21-9-11-4-6-12(7-5-11)15(24)20-10-14(18)23/h2-8H,9-10H2,1H3,(H2,18,23)(H,20,24)(H2,21,22,25). The van der Waals surface area contributed by atoms with Gasteiger partial charge >= 0.3 is 6.03 Å². The van der Waals surface area contributed by atoms with Crippen LogP contribution in [0.4, 0.5) is 10.5 Å². The highest BCUT2D eigenvalue weighted by atomic mass is 16.5. The van der Waals surface area contributed by atoms with Crippen molar-refractivity contribution in [1.82, 2.24) is 15.6 Å². The molecule has 0 radical (unpaired) electrons. The predicted octanol–water partition coefficient (Wildman–Crippen LogP) is 0.627. The third kappa shape index (κ3) is 5.48. The van der Waals surface area contributed by atoms with E-state index in [1.54, 1.807) is 42.6 Å². The van der Waals surface area contributed by atoms with Gasteiger partial charge < -0.3 is 26.4 Å². The fourth-order valence-electron chi connectivity index (χ4n) is 2.04. The van der Waals surface area contributed by atoms with Crippen LogP contribution in [0.15, 0.2) is 42.6 Å². The molecule has 0 saturated heterocycles. The lowest BCUT2D eigenvalue weighted by Crippen LogP contribution is -2.33. The highest BCUT2D eigenvalue weighted by Crippen LogP contribution is 2.19. The smallest absolute Gasteiger partial charge is 0.319 e. The van der Waals surface area contributed by atoms with Crippen LogP contribution in [0.1, 0.15) is 15.9 Å². The second-order valence-electron chi connectivity index (χ2n) is 5.21. The Kier molecular flexibility index (Phi) is 6.49. The number of hydrogen-bond acceptors (Lipinski definition) is 5. The number of nitrogens with one attached hydrogen (secondary N) is 3. The molecule has 1 heterocycles. The Morgan fingerprint density at radius 2 is 1.85 bits per heavy atom. The van der Waals surface area contributed by atoms with E-state index in [1.807, 2.05) is 0 Å². The normalized spacial score (nSPS) is 9.88. The summed E-state index contributed by atoms with van der Waals surface area (Å²) >= 11 is 0. The summed E-state index contributed by atoms with van der Waals surface area (Å²) in [6.45, 7) is 0.0394. The van der Waals surface area contributed by atoms with Gasteiger partial charge in [0.2, 0.25) is 11.8 Å². The van der Waals surface area contributed by atoms with Crippen LogP contribution in [-0.2, 0) is 11.3 Å². The highest BCUT2D eigenvalue weighted by Gasteiger charge is 2.09. The Morgan fingerprint density at radius 3 is 2.50 bits per heavy atom. The van der Waals surface area contributed by atoms with Gasteiger partial charge in [-0.05, 0) is 29.8 Å². The number of methoxy groups -OCH3 is 1. The topological polar surface area (TPSA) is 135 Å². The SMILES string of the molecule is COc1ncccc1NC(=O)NCc1ccc(C(=O)NCC(N)=O)cc1. The number of urea groups is 1. The third-order valence-corrected chi connectivity index (χ3v) is 3.31. The molecule has 9 heteroatoms. The molecule has 0 spiro atoms. The monoisotopic (exact) mass is 357 g/mol. The van der Waals surface area contributed by atoms with E-state index in [4.69, 9.17) is 10.5 Å². The van der Waals surface area contributed by atoms with Crippen molar-refractivity contribution in [3.8, 4) is 5.88 Å². The van der Waals surface area contributed by atoms with Crippen LogP contribution in [0.2, 0.25) is 0 Å². The lowest BCUT2D eigenvalue weighted by atomic mass is 10.1. The van der Waals surface area contributed by atoms with Crippen LogP contribution < -0.4 is 26.4 Å². The number of ether oxygens (including phenoxy) is 1. The van der Waals surface area contributed by atoms with Crippen molar-refractivity contribution < 1.29 is 19.1 Å². The number of nitrogens with zero attached hydrogens (tertiary/aromatic N) is 1. The Bertz CT molecular complexity index is 792. The van der Waals surface area contributed by atoms with Gasteiger partial charge in [-0.3, -0.25) is 9.59 Å². The lowest BCUT2D eigenvalue weighted by molar-refractivity contribution is -0.117. The summed E-state index contributed by atoms with van der Waals surface area (Å²) in [6.07, 6.45) is 1.56. The van der Waals surface area contributed by atoms with Crippen molar-refractivity contribution in [2.24, 2.45) is 5.73 Å². The van der Waals surface area contributed by atoms with E-state index in [0.717, 1.165) is 5.56 Å². The number of carbonyl (C=O) groups is 3. The number of nitrogens with two attached hydrogens (primary N) is 1. The minimum Gasteiger partial charge on any atom is -0.480 e. The lowest BCUT2D eigenvalue weighted by Gasteiger charge is -2.10. The molecule has 1 aromatic heterocycles. The van der Waals surface area contributed by atoms with E-state index >= 15 is 0 Å². The minimum atomic E-state index is -0.615. The Labute approximate surface area is 149 Å². The minimum absolute atomic E-state index is 0.222. The van der Waals surface area contributed by atoms with Crippen LogP contribution in [0.25, 0.3) is 0 Å². The second kappa shape index (κ2) is 9.02. The second-order valence-corrected chi connectivity index (χ2v) is 5.21. The Hall–Kier alpha value is -3.62. The molecule has 136 valence electrons. The van der Waals surface area contributed by atoms with Crippen molar-refractivity contribution in [2.75, 3.05) is 19.0 Å². The molecule has 0 bridgehead atoms. The number of benzene rings is 1. The average molecular weight is 357 g/mol. The van der Waals surface area contributed by atoms with Crippen molar-refractivity contribution in [2.45, 2.75) is 6.54 Å². The molecule has 1 aromatic carbocycles. The van der Waals surface area contributed by atoms with Gasteiger partial charge in [0.05, 0.1) is 13.7 Å². The Balaban J connectivity index is 1.86. The fourth-order valence-corrected chi connectivity index (χ4v) is 2.04. The van der Waals surface area contributed by atoms with Crippen molar-refractivity contribution >= 4 is 23.5 Å². The third-order valence-electron chi connectivity index (χ3n) is 3.31. The molecule has 26 heavy (non-hydrogen) atoms. The Morgan fingerprint density at radius 1 is 1.12 bits per heavy atom. The van der Waals surface area contributed by atoms with E-state index in [0.29, 0.717) is 17.1 Å². The zero-order valence-electron chi connectivity index (χ0n) is 14.1. The van der Waals surface area contributed by atoms with Crippen molar-refractivity contribution in [3.05, 3.63) is 53.7 Å². The average Bonchev–Trinajstić information content (AvgIpc) is 2.65. The molecule has 0 aliphatic heterocycles. The molecule has 2 aromatic rings. The maximum absolute atomic E-state index is 12.0. The fraction of sp³-hybridized carbons (Fsp3) is 0.176. The number of aromatic nitrogens is 1. The number of hydrogen-bond donors (Lipinski definition) is 4. The molecular formula is C17H19N5O4. The van der Waals surface area contributed by atoms with Gasteiger partial charge in [0.25, 0.3) is 5.91 Å². The first-order chi connectivity index (χ1) is 12.5. The van der Waals surface area contributed by atoms with E-state index < -0.39 is 17.8 Å². The van der Waals surface area contributed by atoms with Crippen LogP contribution in [0.3, 0.4) is 0 Å². The van der Waals surface area contributed by atoms with Crippen LogP contribution >= 0.6 is 0 Å². The molecule has 0 unspecified atom stereocenters. The molecule has 9 nitrogen and oxygen atoms in total. The highest BCUT2D eigenvalue weighted by molar-refractivity contribution is 5.96. The quantitative estimate of drug-likeness (QED) is 0.576. The number of anilines is 1. The van der Waals surface area contributed by atoms with Gasteiger partial charge in [0.1, 0.15) is 5.69 Å². The maximum atomic E-state index is 12.0. The van der Waals surface area contributed by atoms with Crippen molar-refractivity contribution in [3.63, 3.8) is 0 Å². The van der Waals surface area contributed by atoms with Gasteiger partial charge in [-0.1, -0.05) is 12.1 Å². The molecule has 2 rings (SSSR count). The summed E-state index contributed by atoms with van der Waals surface area (Å²) in [5, 5.41) is 7.73. The van der Waals surface area contributed by atoms with Gasteiger partial charge in [-0.25, -0.2) is 9.78 Å². The summed E-state index contributed by atoms with van der Waals surface area (Å²) < 4.78 is 5.06. The van der Waals surface area contributed by atoms with E-state index in [9.17, 15) is 14.4 Å². The molecular weight excluding hydrogens is 338 g/mol. The summed E-state index contributed by atoms with van der Waals surface area (Å²) in [6, 6.07) is 9.52. The first-order valence-corrected chi connectivity index (χ1v) is 7.69. The summed E-state index contributed by atoms with van der Waals surface area (Å²) in [7, 11) is 1.46. The first kappa shape index (κ1) is 18.7. The number of pyridine rings is 1. The van der Waals surface area contributed by atoms with Crippen LogP contribution in [-0.4, -0.2) is 36.5 Å². The molecule has 0 fully saturated rings. The van der Waals surface area contributed by atoms with Gasteiger partial charge in [0, 0.05) is 18.3 Å². The van der Waals surface area contributed by atoms with Crippen molar-refractivity contribution in [1.29, 1.82) is 0 Å². The predicted molar refractivity (Wildman–Crippen MR) is 94.6 cm³/mol. The molecule has 4 amide bonds. The zero-order valence-corrected chi connectivity index (χ0v) is 14.1. The van der Waals surface area contributed by atoms with Gasteiger partial charge in [0.15, 0.2) is 0 Å². The van der Waals surface area contributed by atoms with E-state index in [-0.39, 0.29) is 13.1 Å². The number of amides is 4. The van der Waals surface area contributed by atoms with E-state index in [1.165, 1.54) is 7.11 Å². The summed E-state index contributed by atoms with van der Waals surface area (Å²) in [5.74, 6) is -0.700. The maximum Gasteiger partial charge on any atom is 0.319 e. The number of carbonyl (C=O) groups excluding carboxylic acids is 3. The molecule has 0 atom stereocenters. The number of primary amides is 1.